The number of carbonyl (C=O) groups is 1. The molecular weight excluding hydrogens is 308 g/mol. The molecule has 1 aromatic heterocycles. The molecule has 0 aliphatic rings. The molecule has 8 nitrogen and oxygen atoms in total. The molecule has 0 saturated heterocycles. The van der Waals surface area contributed by atoms with Crippen molar-refractivity contribution < 1.29 is 14.6 Å². The molecule has 0 unspecified atom stereocenters. The first-order chi connectivity index (χ1) is 10.4. The van der Waals surface area contributed by atoms with Gasteiger partial charge in [0.15, 0.2) is 5.17 Å². The number of aromatic nitrogens is 2. The average Bonchev–Trinajstić information content (AvgIpc) is 2.82. The number of rotatable bonds is 9. The van der Waals surface area contributed by atoms with Gasteiger partial charge >= 0.3 is 11.7 Å². The van der Waals surface area contributed by atoms with Crippen molar-refractivity contribution in [1.82, 2.24) is 9.97 Å². The second-order valence-corrected chi connectivity index (χ2v) is 5.71. The third-order valence-electron chi connectivity index (χ3n) is 2.96. The van der Waals surface area contributed by atoms with Gasteiger partial charge in [-0.2, -0.15) is 0 Å². The van der Waals surface area contributed by atoms with E-state index in [9.17, 15) is 14.7 Å². The van der Waals surface area contributed by atoms with Gasteiger partial charge in [-0.3, -0.25) is 10.2 Å². The Hall–Kier alpha value is -1.74. The fourth-order valence-electron chi connectivity index (χ4n) is 1.97. The first-order valence-electron chi connectivity index (χ1n) is 7.05. The topological polar surface area (TPSA) is 145 Å². The van der Waals surface area contributed by atoms with Crippen molar-refractivity contribution in [2.75, 3.05) is 6.61 Å². The van der Waals surface area contributed by atoms with Crippen molar-refractivity contribution in [3.63, 3.8) is 0 Å². The first kappa shape index (κ1) is 18.3. The molecule has 0 aliphatic carbocycles. The maximum atomic E-state index is 11.4. The van der Waals surface area contributed by atoms with E-state index >= 15 is 0 Å². The van der Waals surface area contributed by atoms with E-state index in [2.05, 4.69) is 9.97 Å². The van der Waals surface area contributed by atoms with Crippen LogP contribution in [0.3, 0.4) is 0 Å². The Bertz CT molecular complexity index is 554. The largest absolute Gasteiger partial charge is 0.466 e. The number of aliphatic hydroxyl groups is 1. The number of carbonyl (C=O) groups excluding carboxylic acids is 1. The van der Waals surface area contributed by atoms with Gasteiger partial charge in [0.05, 0.1) is 24.1 Å². The first-order valence-corrected chi connectivity index (χ1v) is 8.04. The van der Waals surface area contributed by atoms with Gasteiger partial charge in [0.1, 0.15) is 0 Å². The lowest BCUT2D eigenvalue weighted by Crippen LogP contribution is -2.07. The number of nitrogens with two attached hydrogens (primary N) is 1. The molecule has 1 aromatic rings. The fourth-order valence-corrected chi connectivity index (χ4v) is 2.49. The minimum absolute atomic E-state index is 0.0584. The molecule has 0 aliphatic heterocycles. The molecule has 0 fully saturated rings. The van der Waals surface area contributed by atoms with Crippen LogP contribution in [0.1, 0.15) is 50.1 Å². The third kappa shape index (κ3) is 6.35. The van der Waals surface area contributed by atoms with Gasteiger partial charge in [0, 0.05) is 12.2 Å². The number of aromatic amines is 2. The molecule has 0 bridgehead atoms. The Morgan fingerprint density at radius 1 is 1.45 bits per heavy atom. The van der Waals surface area contributed by atoms with Gasteiger partial charge in [-0.1, -0.05) is 11.8 Å². The van der Waals surface area contributed by atoms with Crippen molar-refractivity contribution in [3.8, 4) is 0 Å². The zero-order valence-electron chi connectivity index (χ0n) is 12.5. The summed E-state index contributed by atoms with van der Waals surface area (Å²) < 4.78 is 4.82. The molecule has 1 heterocycles. The summed E-state index contributed by atoms with van der Waals surface area (Å²) in [5.41, 5.74) is 5.80. The Morgan fingerprint density at radius 3 is 2.82 bits per heavy atom. The molecule has 6 N–H and O–H groups in total. The molecule has 0 saturated carbocycles. The van der Waals surface area contributed by atoms with E-state index in [1.165, 1.54) is 0 Å². The summed E-state index contributed by atoms with van der Waals surface area (Å²) in [4.78, 5) is 27.7. The highest BCUT2D eigenvalue weighted by Gasteiger charge is 2.16. The summed E-state index contributed by atoms with van der Waals surface area (Å²) in [6.07, 6.45) is 1.15. The zero-order valence-corrected chi connectivity index (χ0v) is 13.3. The highest BCUT2D eigenvalue weighted by atomic mass is 32.2. The molecular formula is C13H22N4O4S. The number of H-pyrrole nitrogens is 2. The van der Waals surface area contributed by atoms with E-state index in [1.807, 2.05) is 0 Å². The SMILES string of the molecule is CCOC(=O)CCCC[C@H](O)c1[nH]c(=O)[nH]c1CSC(=N)N. The Labute approximate surface area is 132 Å². The number of amidine groups is 1. The third-order valence-corrected chi connectivity index (χ3v) is 3.70. The summed E-state index contributed by atoms with van der Waals surface area (Å²) in [5, 5.41) is 17.3. The van der Waals surface area contributed by atoms with Gasteiger partial charge < -0.3 is 25.5 Å². The summed E-state index contributed by atoms with van der Waals surface area (Å²) >= 11 is 1.07. The highest BCUT2D eigenvalue weighted by molar-refractivity contribution is 8.13. The van der Waals surface area contributed by atoms with Crippen LogP contribution in [0.5, 0.6) is 0 Å². The van der Waals surface area contributed by atoms with E-state index in [4.69, 9.17) is 15.9 Å². The smallest absolute Gasteiger partial charge is 0.323 e. The molecule has 0 aromatic carbocycles. The molecule has 9 heteroatoms. The summed E-state index contributed by atoms with van der Waals surface area (Å²) in [6, 6.07) is 0. The van der Waals surface area contributed by atoms with Crippen LogP contribution in [0.15, 0.2) is 4.79 Å². The van der Waals surface area contributed by atoms with Crippen LogP contribution in [0.4, 0.5) is 0 Å². The highest BCUT2D eigenvalue weighted by Crippen LogP contribution is 2.22. The number of hydrogen-bond donors (Lipinski definition) is 5. The average molecular weight is 330 g/mol. The van der Waals surface area contributed by atoms with Crippen molar-refractivity contribution >= 4 is 22.9 Å². The van der Waals surface area contributed by atoms with E-state index in [1.54, 1.807) is 6.92 Å². The van der Waals surface area contributed by atoms with E-state index in [0.717, 1.165) is 11.8 Å². The number of hydrogen-bond acceptors (Lipinski definition) is 6. The monoisotopic (exact) mass is 330 g/mol. The van der Waals surface area contributed by atoms with Crippen molar-refractivity contribution in [1.29, 1.82) is 5.41 Å². The number of nitrogens with one attached hydrogen (secondary N) is 3. The lowest BCUT2D eigenvalue weighted by atomic mass is 10.1. The van der Waals surface area contributed by atoms with Crippen molar-refractivity contribution in [3.05, 3.63) is 21.9 Å². The quantitative estimate of drug-likeness (QED) is 0.197. The molecule has 0 spiro atoms. The predicted octanol–water partition coefficient (Wildman–Crippen LogP) is 0.987. The van der Waals surface area contributed by atoms with E-state index < -0.39 is 11.8 Å². The van der Waals surface area contributed by atoms with Gasteiger partial charge in [0.2, 0.25) is 0 Å². The van der Waals surface area contributed by atoms with Crippen LogP contribution < -0.4 is 11.4 Å². The zero-order chi connectivity index (χ0) is 16.5. The fraction of sp³-hybridized carbons (Fsp3) is 0.615. The standard InChI is InChI=1S/C13H22N4O4S/c1-2-21-10(19)6-4-3-5-9(18)11-8(7-22-12(14)15)16-13(20)17-11/h9,18H,2-7H2,1H3,(H3,14,15)(H2,16,17,20)/t9-/m0/s1. The number of unbranched alkanes of at least 4 members (excludes halogenated alkanes) is 1. The summed E-state index contributed by atoms with van der Waals surface area (Å²) in [6.45, 7) is 2.12. The Balaban J connectivity index is 2.47. The number of thioether (sulfide) groups is 1. The molecule has 22 heavy (non-hydrogen) atoms. The molecule has 0 radical (unpaired) electrons. The number of imidazole rings is 1. The molecule has 1 atom stereocenters. The predicted molar refractivity (Wildman–Crippen MR) is 84.7 cm³/mol. The Morgan fingerprint density at radius 2 is 2.18 bits per heavy atom. The molecule has 0 amide bonds. The van der Waals surface area contributed by atoms with E-state index in [-0.39, 0.29) is 11.1 Å². The summed E-state index contributed by atoms with van der Waals surface area (Å²) in [5.74, 6) is 0.0640. The maximum absolute atomic E-state index is 11.4. The van der Waals surface area contributed by atoms with Crippen LogP contribution in [-0.4, -0.2) is 32.8 Å². The lowest BCUT2D eigenvalue weighted by molar-refractivity contribution is -0.143. The van der Waals surface area contributed by atoms with Crippen molar-refractivity contribution in [2.45, 2.75) is 44.5 Å². The number of aliphatic hydroxyl groups excluding tert-OH is 1. The molecule has 124 valence electrons. The second kappa shape index (κ2) is 9.31. The maximum Gasteiger partial charge on any atom is 0.323 e. The minimum Gasteiger partial charge on any atom is -0.466 e. The van der Waals surface area contributed by atoms with Gasteiger partial charge in [-0.15, -0.1) is 0 Å². The van der Waals surface area contributed by atoms with Crippen LogP contribution in [-0.2, 0) is 15.3 Å². The van der Waals surface area contributed by atoms with Gasteiger partial charge in [0.25, 0.3) is 0 Å². The normalized spacial score (nSPS) is 12.1. The minimum atomic E-state index is -0.830. The van der Waals surface area contributed by atoms with Crippen LogP contribution >= 0.6 is 11.8 Å². The van der Waals surface area contributed by atoms with Gasteiger partial charge in [-0.05, 0) is 26.2 Å². The molecule has 1 rings (SSSR count). The van der Waals surface area contributed by atoms with Crippen LogP contribution in [0.25, 0.3) is 0 Å². The van der Waals surface area contributed by atoms with Crippen LogP contribution in [0.2, 0.25) is 0 Å². The Kier molecular flexibility index (Phi) is 7.75. The number of ether oxygens (including phenoxy) is 1. The lowest BCUT2D eigenvalue weighted by Gasteiger charge is -2.10. The van der Waals surface area contributed by atoms with Crippen LogP contribution in [0, 0.1) is 5.41 Å². The second-order valence-electron chi connectivity index (χ2n) is 4.69. The van der Waals surface area contributed by atoms with Gasteiger partial charge in [-0.25, -0.2) is 4.79 Å². The van der Waals surface area contributed by atoms with E-state index in [0.29, 0.717) is 49.4 Å². The summed E-state index contributed by atoms with van der Waals surface area (Å²) in [7, 11) is 0. The van der Waals surface area contributed by atoms with Crippen molar-refractivity contribution in [2.24, 2.45) is 5.73 Å². The number of esters is 1.